The van der Waals surface area contributed by atoms with Crippen LogP contribution in [0.25, 0.3) is 11.4 Å². The molecule has 1 saturated heterocycles. The minimum atomic E-state index is -0.285. The number of hydrogen-bond donors (Lipinski definition) is 1. The van der Waals surface area contributed by atoms with Gasteiger partial charge in [0.25, 0.3) is 0 Å². The molecule has 1 aromatic carbocycles. The maximum absolute atomic E-state index is 9.57. The first kappa shape index (κ1) is 17.1. The minimum Gasteiger partial charge on any atom is -0.392 e. The topological polar surface area (TPSA) is 65.6 Å². The Labute approximate surface area is 143 Å². The number of nitrogens with zero attached hydrogens (tertiary/aromatic N) is 4. The molecule has 2 aromatic rings. The molecule has 2 heterocycles. The molecule has 6 nitrogen and oxygen atoms in total. The van der Waals surface area contributed by atoms with Gasteiger partial charge < -0.3 is 9.63 Å². The van der Waals surface area contributed by atoms with Crippen molar-refractivity contribution >= 4 is 0 Å². The largest absolute Gasteiger partial charge is 0.392 e. The molecule has 1 fully saturated rings. The Morgan fingerprint density at radius 1 is 1.38 bits per heavy atom. The van der Waals surface area contributed by atoms with Crippen molar-refractivity contribution in [1.82, 2.24) is 19.9 Å². The third kappa shape index (κ3) is 4.20. The van der Waals surface area contributed by atoms with Crippen molar-refractivity contribution in [2.24, 2.45) is 0 Å². The van der Waals surface area contributed by atoms with E-state index in [9.17, 15) is 5.11 Å². The zero-order valence-electron chi connectivity index (χ0n) is 14.6. The van der Waals surface area contributed by atoms with Gasteiger partial charge in [0.2, 0.25) is 11.7 Å². The second-order valence-corrected chi connectivity index (χ2v) is 6.81. The first-order chi connectivity index (χ1) is 11.5. The van der Waals surface area contributed by atoms with Gasteiger partial charge in [-0.1, -0.05) is 28.9 Å². The molecule has 6 heteroatoms. The van der Waals surface area contributed by atoms with Crippen LogP contribution in [0.1, 0.15) is 25.3 Å². The molecular weight excluding hydrogens is 304 g/mol. The Bertz CT molecular complexity index is 671. The lowest BCUT2D eigenvalue weighted by Gasteiger charge is -2.39. The lowest BCUT2D eigenvalue weighted by Crippen LogP contribution is -2.53. The fourth-order valence-corrected chi connectivity index (χ4v) is 3.24. The van der Waals surface area contributed by atoms with Gasteiger partial charge >= 0.3 is 0 Å². The molecule has 0 spiro atoms. The van der Waals surface area contributed by atoms with E-state index in [2.05, 4.69) is 45.9 Å². The van der Waals surface area contributed by atoms with Gasteiger partial charge in [-0.2, -0.15) is 4.98 Å². The summed E-state index contributed by atoms with van der Waals surface area (Å²) in [5.74, 6) is 1.30. The highest BCUT2D eigenvalue weighted by atomic mass is 16.5. The molecule has 0 unspecified atom stereocenters. The fourth-order valence-electron chi connectivity index (χ4n) is 3.24. The number of aliphatic hydroxyl groups is 1. The number of piperazine rings is 1. The van der Waals surface area contributed by atoms with Gasteiger partial charge in [-0.15, -0.1) is 0 Å². The first-order valence-corrected chi connectivity index (χ1v) is 8.55. The Kier molecular flexibility index (Phi) is 5.28. The molecule has 0 bridgehead atoms. The predicted molar refractivity (Wildman–Crippen MR) is 92.5 cm³/mol. The van der Waals surface area contributed by atoms with Crippen molar-refractivity contribution in [3.05, 3.63) is 35.7 Å². The summed E-state index contributed by atoms with van der Waals surface area (Å²) in [5, 5.41) is 13.7. The zero-order chi connectivity index (χ0) is 17.1. The molecule has 1 aromatic heterocycles. The van der Waals surface area contributed by atoms with Gasteiger partial charge in [-0.25, -0.2) is 0 Å². The van der Waals surface area contributed by atoms with Crippen molar-refractivity contribution in [3.63, 3.8) is 0 Å². The number of β-amino-alcohol motifs (C(OH)–C–C–N with tert-alkyl or cyclic N) is 1. The first-order valence-electron chi connectivity index (χ1n) is 8.55. The molecule has 1 aliphatic rings. The van der Waals surface area contributed by atoms with Crippen molar-refractivity contribution in [3.8, 4) is 11.4 Å². The Hall–Kier alpha value is -1.76. The molecule has 3 rings (SSSR count). The Morgan fingerprint density at radius 2 is 2.21 bits per heavy atom. The van der Waals surface area contributed by atoms with E-state index < -0.39 is 0 Å². The molecule has 130 valence electrons. The Morgan fingerprint density at radius 3 is 2.92 bits per heavy atom. The van der Waals surface area contributed by atoms with Gasteiger partial charge in [0, 0.05) is 37.8 Å². The van der Waals surface area contributed by atoms with Crippen LogP contribution in [0.3, 0.4) is 0 Å². The lowest BCUT2D eigenvalue weighted by molar-refractivity contribution is 0.0385. The van der Waals surface area contributed by atoms with Gasteiger partial charge in [0.15, 0.2) is 0 Å². The van der Waals surface area contributed by atoms with Crippen LogP contribution in [0.2, 0.25) is 0 Å². The van der Waals surface area contributed by atoms with E-state index in [1.807, 2.05) is 19.1 Å². The van der Waals surface area contributed by atoms with Crippen molar-refractivity contribution < 1.29 is 9.63 Å². The van der Waals surface area contributed by atoms with Gasteiger partial charge in [0.1, 0.15) is 0 Å². The molecule has 2 atom stereocenters. The summed E-state index contributed by atoms with van der Waals surface area (Å²) in [6, 6.07) is 8.53. The number of aromatic nitrogens is 2. The molecule has 1 aliphatic heterocycles. The quantitative estimate of drug-likeness (QED) is 0.904. The third-order valence-corrected chi connectivity index (χ3v) is 4.45. The highest BCUT2D eigenvalue weighted by molar-refractivity contribution is 5.55. The van der Waals surface area contributed by atoms with Gasteiger partial charge in [-0.3, -0.25) is 9.80 Å². The van der Waals surface area contributed by atoms with Crippen LogP contribution in [-0.2, 0) is 6.54 Å². The van der Waals surface area contributed by atoms with E-state index in [0.29, 0.717) is 24.3 Å². The molecular formula is C18H26N4O2. The summed E-state index contributed by atoms with van der Waals surface area (Å²) in [6.07, 6.45) is -0.285. The van der Waals surface area contributed by atoms with E-state index in [4.69, 9.17) is 4.52 Å². The van der Waals surface area contributed by atoms with Crippen LogP contribution in [0.4, 0.5) is 0 Å². The van der Waals surface area contributed by atoms with E-state index in [1.165, 1.54) is 5.56 Å². The smallest absolute Gasteiger partial charge is 0.241 e. The minimum absolute atomic E-state index is 0.285. The summed E-state index contributed by atoms with van der Waals surface area (Å²) in [6.45, 7) is 10.3. The lowest BCUT2D eigenvalue weighted by atomic mass is 10.1. The fraction of sp³-hybridized carbons (Fsp3) is 0.556. The summed E-state index contributed by atoms with van der Waals surface area (Å²) in [4.78, 5) is 9.19. The van der Waals surface area contributed by atoms with Crippen molar-refractivity contribution in [2.45, 2.75) is 39.5 Å². The molecule has 0 radical (unpaired) electrons. The van der Waals surface area contributed by atoms with Crippen molar-refractivity contribution in [1.29, 1.82) is 0 Å². The second kappa shape index (κ2) is 7.42. The molecule has 0 aliphatic carbocycles. The number of aliphatic hydroxyl groups excluding tert-OH is 1. The maximum atomic E-state index is 9.57. The predicted octanol–water partition coefficient (Wildman–Crippen LogP) is 1.93. The molecule has 0 amide bonds. The molecule has 24 heavy (non-hydrogen) atoms. The summed E-state index contributed by atoms with van der Waals surface area (Å²) in [7, 11) is 0. The highest BCUT2D eigenvalue weighted by Crippen LogP contribution is 2.18. The standard InChI is InChI=1S/C18H26N4O2/c1-13-5-4-6-16(9-13)18-19-17(24-20-18)12-21-7-8-22(11-15(3)23)14(2)10-21/h4-6,9,14-15,23H,7-8,10-12H2,1-3H3/t14-,15+/m1/s1. The monoisotopic (exact) mass is 330 g/mol. The summed E-state index contributed by atoms with van der Waals surface area (Å²) >= 11 is 0. The highest BCUT2D eigenvalue weighted by Gasteiger charge is 2.25. The van der Waals surface area contributed by atoms with E-state index in [-0.39, 0.29) is 6.10 Å². The van der Waals surface area contributed by atoms with Crippen LogP contribution in [0, 0.1) is 6.92 Å². The average molecular weight is 330 g/mol. The van der Waals surface area contributed by atoms with Crippen LogP contribution in [0.15, 0.2) is 28.8 Å². The van der Waals surface area contributed by atoms with Crippen molar-refractivity contribution in [2.75, 3.05) is 26.2 Å². The number of hydrogen-bond acceptors (Lipinski definition) is 6. The Balaban J connectivity index is 1.60. The molecule has 0 saturated carbocycles. The van der Waals surface area contributed by atoms with Gasteiger partial charge in [0.05, 0.1) is 12.6 Å². The average Bonchev–Trinajstić information content (AvgIpc) is 2.98. The normalized spacial score (nSPS) is 21.1. The van der Waals surface area contributed by atoms with E-state index in [0.717, 1.165) is 31.7 Å². The number of benzene rings is 1. The molecule has 1 N–H and O–H groups in total. The van der Waals surface area contributed by atoms with Gasteiger partial charge in [-0.05, 0) is 26.8 Å². The number of rotatable bonds is 5. The summed E-state index contributed by atoms with van der Waals surface area (Å²) < 4.78 is 5.43. The van der Waals surface area contributed by atoms with Crippen LogP contribution in [0.5, 0.6) is 0 Å². The summed E-state index contributed by atoms with van der Waals surface area (Å²) in [5.41, 5.74) is 2.17. The van der Waals surface area contributed by atoms with Crippen LogP contribution in [-0.4, -0.2) is 63.4 Å². The van der Waals surface area contributed by atoms with Crippen LogP contribution < -0.4 is 0 Å². The maximum Gasteiger partial charge on any atom is 0.241 e. The third-order valence-electron chi connectivity index (χ3n) is 4.45. The van der Waals surface area contributed by atoms with E-state index >= 15 is 0 Å². The van der Waals surface area contributed by atoms with Crippen LogP contribution >= 0.6 is 0 Å². The zero-order valence-corrected chi connectivity index (χ0v) is 14.6. The second-order valence-electron chi connectivity index (χ2n) is 6.81. The SMILES string of the molecule is Cc1cccc(-c2noc(CN3CCN(C[C@H](C)O)[C@H](C)C3)n2)c1. The van der Waals surface area contributed by atoms with E-state index in [1.54, 1.807) is 0 Å². The number of aryl methyl sites for hydroxylation is 1.